The van der Waals surface area contributed by atoms with Crippen LogP contribution in [0.25, 0.3) is 10.4 Å². The third-order valence-corrected chi connectivity index (χ3v) is 8.35. The number of alkyl halides is 3. The van der Waals surface area contributed by atoms with Crippen LogP contribution in [0.4, 0.5) is 24.8 Å². The molecule has 36 heavy (non-hydrogen) atoms. The van der Waals surface area contributed by atoms with Crippen LogP contribution in [0.5, 0.6) is 0 Å². The summed E-state index contributed by atoms with van der Waals surface area (Å²) in [6.07, 6.45) is -1.20. The van der Waals surface area contributed by atoms with E-state index in [1.807, 2.05) is 26.8 Å². The Kier molecular flexibility index (Phi) is 6.59. The van der Waals surface area contributed by atoms with Gasteiger partial charge in [-0.05, 0) is 66.8 Å². The molecule has 0 radical (unpaired) electrons. The summed E-state index contributed by atoms with van der Waals surface area (Å²) in [4.78, 5) is 23.9. The maximum atomic E-state index is 13.0. The van der Waals surface area contributed by atoms with Crippen molar-refractivity contribution >= 4 is 28.9 Å². The summed E-state index contributed by atoms with van der Waals surface area (Å²) in [7, 11) is 0. The molecule has 4 rings (SSSR count). The van der Waals surface area contributed by atoms with Crippen molar-refractivity contribution in [1.29, 1.82) is 0 Å². The predicted molar refractivity (Wildman–Crippen MR) is 130 cm³/mol. The van der Waals surface area contributed by atoms with Crippen LogP contribution in [0.1, 0.15) is 49.9 Å². The molecule has 11 heteroatoms. The Balaban J connectivity index is 1.57. The zero-order valence-electron chi connectivity index (χ0n) is 20.2. The minimum atomic E-state index is -4.57. The number of carboxylic acid groups (broad SMARTS) is 1. The van der Waals surface area contributed by atoms with E-state index in [4.69, 9.17) is 5.11 Å². The number of anilines is 2. The number of hydrogen-bond donors (Lipinski definition) is 3. The van der Waals surface area contributed by atoms with Crippen LogP contribution < -0.4 is 5.32 Å². The molecule has 0 bridgehead atoms. The number of carboxylic acids is 1. The number of carbonyl (C=O) groups is 1. The molecule has 3 aromatic rings. The van der Waals surface area contributed by atoms with Gasteiger partial charge in [-0.1, -0.05) is 19.9 Å². The zero-order chi connectivity index (χ0) is 26.5. The number of halogens is 3. The van der Waals surface area contributed by atoms with E-state index in [2.05, 4.69) is 20.3 Å². The van der Waals surface area contributed by atoms with Crippen LogP contribution in [0.15, 0.2) is 36.7 Å². The summed E-state index contributed by atoms with van der Waals surface area (Å²) in [5, 5.41) is 24.0. The molecular formula is C25H27F3N4O3S. The monoisotopic (exact) mass is 520 g/mol. The molecule has 2 heterocycles. The lowest BCUT2D eigenvalue weighted by Gasteiger charge is -2.56. The van der Waals surface area contributed by atoms with Crippen LogP contribution in [0, 0.1) is 24.2 Å². The third-order valence-electron chi connectivity index (χ3n) is 7.07. The van der Waals surface area contributed by atoms with Crippen molar-refractivity contribution in [2.45, 2.75) is 52.3 Å². The fourth-order valence-corrected chi connectivity index (χ4v) is 6.02. The molecule has 3 unspecified atom stereocenters. The van der Waals surface area contributed by atoms with Gasteiger partial charge in [0.25, 0.3) is 0 Å². The van der Waals surface area contributed by atoms with E-state index < -0.39 is 23.4 Å². The van der Waals surface area contributed by atoms with Gasteiger partial charge in [-0.15, -0.1) is 11.3 Å². The predicted octanol–water partition coefficient (Wildman–Crippen LogP) is 6.02. The maximum absolute atomic E-state index is 13.0. The molecule has 7 nitrogen and oxygen atoms in total. The molecule has 3 atom stereocenters. The van der Waals surface area contributed by atoms with E-state index in [9.17, 15) is 23.1 Å². The first-order valence-electron chi connectivity index (χ1n) is 11.4. The second-order valence-corrected chi connectivity index (χ2v) is 11.1. The van der Waals surface area contributed by atoms with Crippen molar-refractivity contribution in [3.63, 3.8) is 0 Å². The number of hydrogen-bond acceptors (Lipinski definition) is 7. The number of nitrogens with one attached hydrogen (secondary N) is 1. The molecule has 192 valence electrons. The van der Waals surface area contributed by atoms with Gasteiger partial charge in [0, 0.05) is 24.5 Å². The average molecular weight is 521 g/mol. The number of benzene rings is 1. The quantitative estimate of drug-likeness (QED) is 0.350. The topological polar surface area (TPSA) is 108 Å². The Morgan fingerprint density at radius 1 is 1.25 bits per heavy atom. The van der Waals surface area contributed by atoms with Crippen LogP contribution in [0.2, 0.25) is 0 Å². The molecule has 2 aromatic heterocycles. The number of aromatic nitrogens is 3. The lowest BCUT2D eigenvalue weighted by atomic mass is 9.49. The largest absolute Gasteiger partial charge is 0.481 e. The first-order valence-corrected chi connectivity index (χ1v) is 12.2. The van der Waals surface area contributed by atoms with Crippen LogP contribution in [-0.2, 0) is 16.6 Å². The smallest absolute Gasteiger partial charge is 0.433 e. The maximum Gasteiger partial charge on any atom is 0.433 e. The van der Waals surface area contributed by atoms with E-state index >= 15 is 0 Å². The first-order chi connectivity index (χ1) is 16.7. The Bertz CT molecular complexity index is 1290. The average Bonchev–Trinajstić information content (AvgIpc) is 3.27. The number of aliphatic carboxylic acids is 1. The molecule has 1 saturated carbocycles. The van der Waals surface area contributed by atoms with E-state index in [-0.39, 0.29) is 29.6 Å². The Labute approximate surface area is 210 Å². The van der Waals surface area contributed by atoms with Crippen molar-refractivity contribution in [3.8, 4) is 10.4 Å². The highest BCUT2D eigenvalue weighted by atomic mass is 32.1. The van der Waals surface area contributed by atoms with E-state index in [0.717, 1.165) is 28.3 Å². The second kappa shape index (κ2) is 9.11. The Morgan fingerprint density at radius 2 is 1.97 bits per heavy atom. The highest BCUT2D eigenvalue weighted by molar-refractivity contribution is 7.15. The molecule has 1 aromatic carbocycles. The molecule has 0 spiro atoms. The van der Waals surface area contributed by atoms with Gasteiger partial charge < -0.3 is 15.5 Å². The van der Waals surface area contributed by atoms with Gasteiger partial charge in [-0.3, -0.25) is 4.79 Å². The number of rotatable bonds is 7. The summed E-state index contributed by atoms with van der Waals surface area (Å²) >= 11 is 1.33. The van der Waals surface area contributed by atoms with Gasteiger partial charge >= 0.3 is 12.1 Å². The lowest BCUT2D eigenvalue weighted by molar-refractivity contribution is -0.166. The van der Waals surface area contributed by atoms with Gasteiger partial charge in [0.1, 0.15) is 16.3 Å². The Hall–Kier alpha value is -3.05. The van der Waals surface area contributed by atoms with Gasteiger partial charge in [0.15, 0.2) is 0 Å². The second-order valence-electron chi connectivity index (χ2n) is 10.1. The number of aryl methyl sites for hydroxylation is 1. The summed E-state index contributed by atoms with van der Waals surface area (Å²) in [5.41, 5.74) is -0.479. The molecule has 3 N–H and O–H groups in total. The van der Waals surface area contributed by atoms with Gasteiger partial charge in [-0.25, -0.2) is 15.0 Å². The van der Waals surface area contributed by atoms with E-state index in [1.54, 1.807) is 25.3 Å². The van der Waals surface area contributed by atoms with Crippen molar-refractivity contribution < 1.29 is 28.2 Å². The summed E-state index contributed by atoms with van der Waals surface area (Å²) < 4.78 is 39.0. The molecule has 0 amide bonds. The standard InChI is InChI=1S/C25H27F3N4O3S/c1-13-7-14(9-16(8-13)31-22-29-6-5-19(32-22)25(26,27)28)17-12-30-21(36-17)24(4,35)18-10-15(11-20(33)34)23(18,2)3/h5-9,12,15,18,35H,10-11H2,1-4H3,(H,33,34)(H,29,31,32). The first kappa shape index (κ1) is 26.0. The van der Waals surface area contributed by atoms with Crippen molar-refractivity contribution in [2.75, 3.05) is 5.32 Å². The van der Waals surface area contributed by atoms with E-state index in [1.165, 1.54) is 11.3 Å². The number of nitrogens with zero attached hydrogens (tertiary/aromatic N) is 3. The fraction of sp³-hybridized carbons (Fsp3) is 0.440. The Morgan fingerprint density at radius 3 is 2.61 bits per heavy atom. The minimum absolute atomic E-state index is 0.0191. The molecule has 0 saturated heterocycles. The zero-order valence-corrected chi connectivity index (χ0v) is 21.0. The SMILES string of the molecule is Cc1cc(Nc2nccc(C(F)(F)F)n2)cc(-c2cnc(C(C)(O)C3CC(CC(=O)O)C3(C)C)s2)c1. The normalized spacial score (nSPS) is 20.9. The summed E-state index contributed by atoms with van der Waals surface area (Å²) in [6, 6.07) is 6.26. The summed E-state index contributed by atoms with van der Waals surface area (Å²) in [6.45, 7) is 7.53. The lowest BCUT2D eigenvalue weighted by Crippen LogP contribution is -2.54. The van der Waals surface area contributed by atoms with Crippen molar-refractivity contribution in [1.82, 2.24) is 15.0 Å². The van der Waals surface area contributed by atoms with Gasteiger partial charge in [0.2, 0.25) is 5.95 Å². The highest BCUT2D eigenvalue weighted by Gasteiger charge is 2.57. The minimum Gasteiger partial charge on any atom is -0.481 e. The van der Waals surface area contributed by atoms with Crippen molar-refractivity contribution in [2.24, 2.45) is 17.3 Å². The van der Waals surface area contributed by atoms with Gasteiger partial charge in [0.05, 0.1) is 4.88 Å². The van der Waals surface area contributed by atoms with Crippen LogP contribution in [-0.4, -0.2) is 31.1 Å². The third kappa shape index (κ3) is 5.08. The van der Waals surface area contributed by atoms with Crippen LogP contribution in [0.3, 0.4) is 0 Å². The number of aliphatic hydroxyl groups is 1. The fourth-order valence-electron chi connectivity index (χ4n) is 5.02. The van der Waals surface area contributed by atoms with Crippen LogP contribution >= 0.6 is 11.3 Å². The van der Waals surface area contributed by atoms with E-state index in [0.29, 0.717) is 17.1 Å². The highest BCUT2D eigenvalue weighted by Crippen LogP contribution is 2.59. The van der Waals surface area contributed by atoms with Gasteiger partial charge in [-0.2, -0.15) is 13.2 Å². The molecule has 0 aliphatic heterocycles. The number of thiazole rings is 1. The molecule has 1 aliphatic rings. The summed E-state index contributed by atoms with van der Waals surface area (Å²) in [5.74, 6) is -1.19. The molecular weight excluding hydrogens is 493 g/mol. The molecule has 1 aliphatic carbocycles. The van der Waals surface area contributed by atoms with Crippen molar-refractivity contribution in [3.05, 3.63) is 52.9 Å². The molecule has 1 fully saturated rings.